The number of benzene rings is 2. The highest BCUT2D eigenvalue weighted by Gasteiger charge is 2.23. The van der Waals surface area contributed by atoms with Gasteiger partial charge in [-0.25, -0.2) is 9.78 Å². The Morgan fingerprint density at radius 2 is 1.91 bits per heavy atom. The molecule has 0 atom stereocenters. The standard InChI is InChI=1S/C25H26N4O3/c1-15-23(19-9-3-4-10-21(19)28(15)12-6-11-26)24-25(31)29(32-16(2)30)22-14-18-8-5-7-17(18)13-20(22)27-24/h3-4,9-10,13-14H,5-8,11-12,26H2,1-2H3. The van der Waals surface area contributed by atoms with Crippen molar-refractivity contribution < 1.29 is 9.63 Å². The molecule has 32 heavy (non-hydrogen) atoms. The van der Waals surface area contributed by atoms with Crippen LogP contribution in [0.1, 0.15) is 36.6 Å². The first kappa shape index (κ1) is 20.5. The van der Waals surface area contributed by atoms with Crippen LogP contribution in [-0.4, -0.2) is 26.8 Å². The fourth-order valence-electron chi connectivity index (χ4n) is 4.87. The molecule has 0 saturated heterocycles. The van der Waals surface area contributed by atoms with E-state index >= 15 is 0 Å². The Balaban J connectivity index is 1.84. The van der Waals surface area contributed by atoms with Crippen molar-refractivity contribution in [1.29, 1.82) is 0 Å². The summed E-state index contributed by atoms with van der Waals surface area (Å²) in [5, 5.41) is 0.946. The van der Waals surface area contributed by atoms with Crippen molar-refractivity contribution in [3.8, 4) is 11.3 Å². The number of rotatable bonds is 5. The van der Waals surface area contributed by atoms with Gasteiger partial charge in [0.25, 0.3) is 0 Å². The van der Waals surface area contributed by atoms with Crippen LogP contribution < -0.4 is 16.1 Å². The third kappa shape index (κ3) is 3.20. The Kier molecular flexibility index (Phi) is 5.06. The van der Waals surface area contributed by atoms with E-state index in [9.17, 15) is 9.59 Å². The van der Waals surface area contributed by atoms with E-state index in [1.807, 2.05) is 43.3 Å². The molecule has 164 valence electrons. The summed E-state index contributed by atoms with van der Waals surface area (Å²) >= 11 is 0. The maximum absolute atomic E-state index is 13.6. The van der Waals surface area contributed by atoms with E-state index in [0.717, 1.165) is 59.1 Å². The van der Waals surface area contributed by atoms with Gasteiger partial charge in [0.2, 0.25) is 0 Å². The number of carbonyl (C=O) groups is 1. The van der Waals surface area contributed by atoms with Gasteiger partial charge in [-0.3, -0.25) is 4.79 Å². The average Bonchev–Trinajstić information content (AvgIpc) is 3.34. The van der Waals surface area contributed by atoms with Gasteiger partial charge in [0.05, 0.1) is 5.52 Å². The second-order valence-corrected chi connectivity index (χ2v) is 8.38. The molecule has 7 heteroatoms. The molecule has 0 unspecified atom stereocenters. The van der Waals surface area contributed by atoms with Gasteiger partial charge in [0, 0.05) is 35.6 Å². The lowest BCUT2D eigenvalue weighted by molar-refractivity contribution is -0.141. The highest BCUT2D eigenvalue weighted by molar-refractivity contribution is 5.98. The van der Waals surface area contributed by atoms with E-state index in [1.54, 1.807) is 0 Å². The van der Waals surface area contributed by atoms with Gasteiger partial charge >= 0.3 is 11.5 Å². The lowest BCUT2D eigenvalue weighted by atomic mass is 10.1. The number of fused-ring (bicyclic) bond motifs is 3. The summed E-state index contributed by atoms with van der Waals surface area (Å²) in [7, 11) is 0. The topological polar surface area (TPSA) is 92.1 Å². The summed E-state index contributed by atoms with van der Waals surface area (Å²) in [4.78, 5) is 35.7. The number of hydrogen-bond donors (Lipinski definition) is 1. The fourth-order valence-corrected chi connectivity index (χ4v) is 4.87. The monoisotopic (exact) mass is 430 g/mol. The first-order valence-electron chi connectivity index (χ1n) is 11.1. The van der Waals surface area contributed by atoms with Crippen LogP contribution in [0.5, 0.6) is 0 Å². The molecule has 2 heterocycles. The molecule has 0 saturated carbocycles. The number of carbonyl (C=O) groups excluding carboxylic acids is 1. The second kappa shape index (κ2) is 7.91. The molecule has 0 radical (unpaired) electrons. The van der Waals surface area contributed by atoms with Gasteiger partial charge in [-0.05, 0) is 68.5 Å². The van der Waals surface area contributed by atoms with Gasteiger partial charge in [0.1, 0.15) is 11.2 Å². The van der Waals surface area contributed by atoms with Crippen molar-refractivity contribution in [2.24, 2.45) is 5.73 Å². The van der Waals surface area contributed by atoms with Crippen LogP contribution in [0.4, 0.5) is 0 Å². The molecule has 5 rings (SSSR count). The Labute approximate surface area is 185 Å². The minimum absolute atomic E-state index is 0.289. The van der Waals surface area contributed by atoms with Crippen LogP contribution in [-0.2, 0) is 24.2 Å². The zero-order valence-electron chi connectivity index (χ0n) is 18.4. The Bertz CT molecular complexity index is 1430. The largest absolute Gasteiger partial charge is 0.344 e. The molecular weight excluding hydrogens is 404 g/mol. The normalized spacial score (nSPS) is 13.1. The average molecular weight is 431 g/mol. The van der Waals surface area contributed by atoms with Crippen LogP contribution in [0.15, 0.2) is 41.2 Å². The van der Waals surface area contributed by atoms with Crippen molar-refractivity contribution >= 4 is 27.9 Å². The Morgan fingerprint density at radius 3 is 2.66 bits per heavy atom. The molecule has 2 aromatic heterocycles. The third-order valence-corrected chi connectivity index (χ3v) is 6.30. The van der Waals surface area contributed by atoms with Crippen LogP contribution in [0.25, 0.3) is 33.2 Å². The van der Waals surface area contributed by atoms with Crippen molar-refractivity contribution in [2.75, 3.05) is 6.54 Å². The highest BCUT2D eigenvalue weighted by atomic mass is 16.7. The SMILES string of the molecule is CC(=O)On1c(=O)c(-c2c(C)n(CCCN)c3ccccc23)nc2cc3c(cc21)CCC3. The van der Waals surface area contributed by atoms with Crippen LogP contribution >= 0.6 is 0 Å². The lowest BCUT2D eigenvalue weighted by Crippen LogP contribution is -2.32. The zero-order valence-corrected chi connectivity index (χ0v) is 18.4. The first-order chi connectivity index (χ1) is 15.5. The summed E-state index contributed by atoms with van der Waals surface area (Å²) in [6.07, 6.45) is 3.85. The molecule has 1 aliphatic carbocycles. The number of aryl methyl sites for hydroxylation is 3. The lowest BCUT2D eigenvalue weighted by Gasteiger charge is -2.13. The van der Waals surface area contributed by atoms with E-state index in [2.05, 4.69) is 4.57 Å². The minimum atomic E-state index is -0.548. The van der Waals surface area contributed by atoms with Crippen molar-refractivity contribution in [3.63, 3.8) is 0 Å². The Hall–Kier alpha value is -3.45. The number of para-hydroxylation sites is 1. The summed E-state index contributed by atoms with van der Waals surface area (Å²) < 4.78 is 3.30. The molecule has 0 spiro atoms. The van der Waals surface area contributed by atoms with E-state index in [0.29, 0.717) is 17.6 Å². The molecule has 0 amide bonds. The predicted octanol–water partition coefficient (Wildman–Crippen LogP) is 3.14. The van der Waals surface area contributed by atoms with E-state index < -0.39 is 11.5 Å². The molecule has 4 aromatic rings. The van der Waals surface area contributed by atoms with E-state index in [1.165, 1.54) is 18.1 Å². The maximum atomic E-state index is 13.6. The fraction of sp³-hybridized carbons (Fsp3) is 0.320. The summed E-state index contributed by atoms with van der Waals surface area (Å²) in [6.45, 7) is 4.63. The van der Waals surface area contributed by atoms with Crippen molar-refractivity contribution in [2.45, 2.75) is 46.1 Å². The van der Waals surface area contributed by atoms with E-state index in [4.69, 9.17) is 15.6 Å². The number of hydrogen-bond acceptors (Lipinski definition) is 5. The summed E-state index contributed by atoms with van der Waals surface area (Å²) in [5.41, 5.74) is 12.0. The van der Waals surface area contributed by atoms with Gasteiger partial charge in [-0.1, -0.05) is 18.2 Å². The second-order valence-electron chi connectivity index (χ2n) is 8.38. The quantitative estimate of drug-likeness (QED) is 0.525. The Morgan fingerprint density at radius 1 is 1.16 bits per heavy atom. The van der Waals surface area contributed by atoms with Crippen LogP contribution in [0, 0.1) is 6.92 Å². The summed E-state index contributed by atoms with van der Waals surface area (Å²) in [5.74, 6) is -0.548. The van der Waals surface area contributed by atoms with Crippen molar-refractivity contribution in [3.05, 3.63) is 63.6 Å². The molecule has 0 fully saturated rings. The molecule has 1 aliphatic rings. The zero-order chi connectivity index (χ0) is 22.4. The van der Waals surface area contributed by atoms with Gasteiger partial charge in [0.15, 0.2) is 0 Å². The highest BCUT2D eigenvalue weighted by Crippen LogP contribution is 2.34. The van der Waals surface area contributed by atoms with E-state index in [-0.39, 0.29) is 5.69 Å². The number of aromatic nitrogens is 3. The molecular formula is C25H26N4O3. The molecule has 7 nitrogen and oxygen atoms in total. The molecule has 2 aromatic carbocycles. The van der Waals surface area contributed by atoms with Crippen LogP contribution in [0.3, 0.4) is 0 Å². The number of nitrogens with zero attached hydrogens (tertiary/aromatic N) is 3. The predicted molar refractivity (Wildman–Crippen MR) is 125 cm³/mol. The van der Waals surface area contributed by atoms with Gasteiger partial charge < -0.3 is 15.1 Å². The smallest absolute Gasteiger partial charge is 0.330 e. The summed E-state index contributed by atoms with van der Waals surface area (Å²) in [6, 6.07) is 12.0. The maximum Gasteiger partial charge on any atom is 0.330 e. The molecule has 0 bridgehead atoms. The minimum Gasteiger partial charge on any atom is -0.344 e. The third-order valence-electron chi connectivity index (χ3n) is 6.30. The number of nitrogens with two attached hydrogens (primary N) is 1. The molecule has 0 aliphatic heterocycles. The molecule has 2 N–H and O–H groups in total. The first-order valence-corrected chi connectivity index (χ1v) is 11.1. The van der Waals surface area contributed by atoms with Crippen molar-refractivity contribution in [1.82, 2.24) is 14.3 Å². The van der Waals surface area contributed by atoms with Gasteiger partial charge in [-0.2, -0.15) is 0 Å². The van der Waals surface area contributed by atoms with Crippen LogP contribution in [0.2, 0.25) is 0 Å². The van der Waals surface area contributed by atoms with Gasteiger partial charge in [-0.15, -0.1) is 4.73 Å².